The lowest BCUT2D eigenvalue weighted by Crippen LogP contribution is -2.41. The lowest BCUT2D eigenvalue weighted by atomic mass is 9.69. The summed E-state index contributed by atoms with van der Waals surface area (Å²) in [5.41, 5.74) is 2.35. The van der Waals surface area contributed by atoms with Crippen molar-refractivity contribution in [1.82, 2.24) is 4.90 Å². The molecule has 4 nitrogen and oxygen atoms in total. The van der Waals surface area contributed by atoms with Crippen LogP contribution in [-0.4, -0.2) is 37.5 Å². The smallest absolute Gasteiger partial charge is 0.166 e. The monoisotopic (exact) mass is 285 g/mol. The van der Waals surface area contributed by atoms with E-state index < -0.39 is 0 Å². The van der Waals surface area contributed by atoms with Crippen molar-refractivity contribution in [3.05, 3.63) is 35.4 Å². The molecule has 110 valence electrons. The van der Waals surface area contributed by atoms with Crippen LogP contribution in [0.4, 0.5) is 0 Å². The van der Waals surface area contributed by atoms with Gasteiger partial charge in [0.1, 0.15) is 6.10 Å². The fourth-order valence-electron chi connectivity index (χ4n) is 3.95. The van der Waals surface area contributed by atoms with E-state index in [-0.39, 0.29) is 17.3 Å². The normalized spacial score (nSPS) is 30.4. The number of rotatable bonds is 1. The molecule has 21 heavy (non-hydrogen) atoms. The highest BCUT2D eigenvalue weighted by Gasteiger charge is 2.52. The van der Waals surface area contributed by atoms with Gasteiger partial charge in [0.25, 0.3) is 0 Å². The third kappa shape index (κ3) is 1.69. The van der Waals surface area contributed by atoms with E-state index in [1.807, 2.05) is 6.07 Å². The van der Waals surface area contributed by atoms with E-state index >= 15 is 0 Å². The summed E-state index contributed by atoms with van der Waals surface area (Å²) < 4.78 is 11.7. The topological polar surface area (TPSA) is 38.8 Å². The van der Waals surface area contributed by atoms with Crippen LogP contribution in [0, 0.1) is 0 Å². The van der Waals surface area contributed by atoms with Gasteiger partial charge >= 0.3 is 0 Å². The summed E-state index contributed by atoms with van der Waals surface area (Å²) in [5, 5.41) is 0. The Bertz CT molecular complexity index is 652. The van der Waals surface area contributed by atoms with Crippen molar-refractivity contribution in [2.75, 3.05) is 20.7 Å². The van der Waals surface area contributed by atoms with Crippen LogP contribution in [0.5, 0.6) is 11.5 Å². The quantitative estimate of drug-likeness (QED) is 0.791. The third-order valence-electron chi connectivity index (χ3n) is 5.03. The summed E-state index contributed by atoms with van der Waals surface area (Å²) in [5.74, 6) is 1.76. The molecule has 2 atom stereocenters. The van der Waals surface area contributed by atoms with Gasteiger partial charge in [0.15, 0.2) is 17.3 Å². The molecule has 4 heteroatoms. The SMILES string of the molecule is COc1ccc2c3c1O[C@@H]1CC(=O)C=CC31CCN(C)C2. The van der Waals surface area contributed by atoms with E-state index in [1.54, 1.807) is 13.2 Å². The number of carbonyl (C=O) groups is 1. The van der Waals surface area contributed by atoms with Crippen LogP contribution in [0.25, 0.3) is 0 Å². The molecule has 3 aliphatic rings. The predicted octanol–water partition coefficient (Wildman–Crippen LogP) is 2.06. The molecular weight excluding hydrogens is 266 g/mol. The van der Waals surface area contributed by atoms with Crippen LogP contribution in [0.3, 0.4) is 0 Å². The van der Waals surface area contributed by atoms with Crippen LogP contribution < -0.4 is 9.47 Å². The van der Waals surface area contributed by atoms with Crippen molar-refractivity contribution < 1.29 is 14.3 Å². The molecular formula is C17H19NO3. The number of hydrogen-bond donors (Lipinski definition) is 0. The van der Waals surface area contributed by atoms with E-state index in [2.05, 4.69) is 24.1 Å². The van der Waals surface area contributed by atoms with E-state index in [0.29, 0.717) is 6.42 Å². The van der Waals surface area contributed by atoms with Crippen LogP contribution in [0.15, 0.2) is 24.3 Å². The Balaban J connectivity index is 1.97. The molecule has 0 bridgehead atoms. The first kappa shape index (κ1) is 12.9. The fraction of sp³-hybridized carbons (Fsp3) is 0.471. The molecule has 1 unspecified atom stereocenters. The van der Waals surface area contributed by atoms with E-state index in [1.165, 1.54) is 11.1 Å². The Kier molecular flexibility index (Phi) is 2.67. The van der Waals surface area contributed by atoms with E-state index in [9.17, 15) is 4.79 Å². The zero-order chi connectivity index (χ0) is 14.6. The van der Waals surface area contributed by atoms with Crippen molar-refractivity contribution in [2.45, 2.75) is 30.9 Å². The molecule has 2 aliphatic heterocycles. The summed E-state index contributed by atoms with van der Waals surface area (Å²) in [4.78, 5) is 14.1. The van der Waals surface area contributed by atoms with Gasteiger partial charge < -0.3 is 14.4 Å². The van der Waals surface area contributed by atoms with Crippen molar-refractivity contribution in [2.24, 2.45) is 0 Å². The molecule has 0 N–H and O–H groups in total. The standard InChI is InChI=1S/C17H19NO3/c1-18-8-7-17-6-5-12(19)9-14(17)21-16-13(20-2)4-3-11(10-18)15(16)17/h3-6,14H,7-10H2,1-2H3/t14-,17?/m1/s1. The van der Waals surface area contributed by atoms with Gasteiger partial charge in [-0.25, -0.2) is 0 Å². The van der Waals surface area contributed by atoms with Gasteiger partial charge in [0.2, 0.25) is 0 Å². The van der Waals surface area contributed by atoms with Crippen LogP contribution in [-0.2, 0) is 16.8 Å². The molecule has 1 aromatic rings. The number of carbonyl (C=O) groups excluding carboxylic acids is 1. The summed E-state index contributed by atoms with van der Waals surface area (Å²) >= 11 is 0. The number of ether oxygens (including phenoxy) is 2. The van der Waals surface area contributed by atoms with Gasteiger partial charge in [0, 0.05) is 18.5 Å². The number of allylic oxidation sites excluding steroid dienone is 1. The van der Waals surface area contributed by atoms with E-state index in [4.69, 9.17) is 9.47 Å². The first-order valence-corrected chi connectivity index (χ1v) is 7.41. The van der Waals surface area contributed by atoms with Crippen LogP contribution in [0.1, 0.15) is 24.0 Å². The number of nitrogens with zero attached hydrogens (tertiary/aromatic N) is 1. The van der Waals surface area contributed by atoms with E-state index in [0.717, 1.165) is 31.0 Å². The Hall–Kier alpha value is -1.81. The number of methoxy groups -OCH3 is 1. The maximum Gasteiger partial charge on any atom is 0.166 e. The maximum atomic E-state index is 11.8. The molecule has 1 spiro atoms. The highest BCUT2D eigenvalue weighted by molar-refractivity contribution is 5.92. The molecule has 0 radical (unpaired) electrons. The molecule has 0 saturated heterocycles. The van der Waals surface area contributed by atoms with Crippen LogP contribution >= 0.6 is 0 Å². The summed E-state index contributed by atoms with van der Waals surface area (Å²) in [7, 11) is 3.81. The zero-order valence-corrected chi connectivity index (χ0v) is 12.4. The summed E-state index contributed by atoms with van der Waals surface area (Å²) in [6.07, 6.45) is 5.16. The maximum absolute atomic E-state index is 11.8. The molecule has 0 amide bonds. The molecule has 0 saturated carbocycles. The zero-order valence-electron chi connectivity index (χ0n) is 12.4. The van der Waals surface area contributed by atoms with Crippen molar-refractivity contribution >= 4 is 5.78 Å². The third-order valence-corrected chi connectivity index (χ3v) is 5.03. The largest absolute Gasteiger partial charge is 0.493 e. The lowest BCUT2D eigenvalue weighted by Gasteiger charge is -2.33. The highest BCUT2D eigenvalue weighted by Crippen LogP contribution is 2.55. The Labute approximate surface area is 124 Å². The molecule has 1 aliphatic carbocycles. The number of benzene rings is 1. The molecule has 0 aromatic heterocycles. The van der Waals surface area contributed by atoms with Crippen molar-refractivity contribution in [3.8, 4) is 11.5 Å². The molecule has 4 rings (SSSR count). The molecule has 2 heterocycles. The minimum absolute atomic E-state index is 0.0912. The van der Waals surface area contributed by atoms with Crippen molar-refractivity contribution in [1.29, 1.82) is 0 Å². The van der Waals surface area contributed by atoms with Gasteiger partial charge in [0.05, 0.1) is 12.5 Å². The first-order chi connectivity index (χ1) is 10.1. The Morgan fingerprint density at radius 3 is 3.10 bits per heavy atom. The average molecular weight is 285 g/mol. The highest BCUT2D eigenvalue weighted by atomic mass is 16.5. The summed E-state index contributed by atoms with van der Waals surface area (Å²) in [6, 6.07) is 4.11. The summed E-state index contributed by atoms with van der Waals surface area (Å²) in [6.45, 7) is 1.90. The second kappa shape index (κ2) is 4.34. The minimum Gasteiger partial charge on any atom is -0.493 e. The van der Waals surface area contributed by atoms with Gasteiger partial charge in [-0.3, -0.25) is 4.79 Å². The Morgan fingerprint density at radius 2 is 2.29 bits per heavy atom. The molecule has 0 fully saturated rings. The van der Waals surface area contributed by atoms with Crippen molar-refractivity contribution in [3.63, 3.8) is 0 Å². The van der Waals surface area contributed by atoms with Gasteiger partial charge in [-0.15, -0.1) is 0 Å². The number of hydrogen-bond acceptors (Lipinski definition) is 4. The van der Waals surface area contributed by atoms with Gasteiger partial charge in [-0.1, -0.05) is 12.1 Å². The lowest BCUT2D eigenvalue weighted by molar-refractivity contribution is -0.117. The van der Waals surface area contributed by atoms with Gasteiger partial charge in [-0.2, -0.15) is 0 Å². The first-order valence-electron chi connectivity index (χ1n) is 7.41. The fourth-order valence-corrected chi connectivity index (χ4v) is 3.95. The molecule has 1 aromatic carbocycles. The van der Waals surface area contributed by atoms with Crippen LogP contribution in [0.2, 0.25) is 0 Å². The average Bonchev–Trinajstić information content (AvgIpc) is 2.72. The minimum atomic E-state index is -0.169. The Morgan fingerprint density at radius 1 is 1.43 bits per heavy atom. The van der Waals surface area contributed by atoms with Gasteiger partial charge in [-0.05, 0) is 37.7 Å². The second-order valence-electron chi connectivity index (χ2n) is 6.27. The number of ketones is 1. The second-order valence-corrected chi connectivity index (χ2v) is 6.27. The predicted molar refractivity (Wildman–Crippen MR) is 78.8 cm³/mol.